The van der Waals surface area contributed by atoms with Gasteiger partial charge in [-0.15, -0.1) is 24.0 Å². The Balaban J connectivity index is 0.00000385. The summed E-state index contributed by atoms with van der Waals surface area (Å²) in [7, 11) is 3.29. The van der Waals surface area contributed by atoms with Gasteiger partial charge in [-0.3, -0.25) is 4.90 Å². The second kappa shape index (κ2) is 14.3. The highest BCUT2D eigenvalue weighted by Gasteiger charge is 2.23. The Morgan fingerprint density at radius 2 is 1.73 bits per heavy atom. The van der Waals surface area contributed by atoms with Crippen LogP contribution >= 0.6 is 24.0 Å². The molecule has 2 aromatic carbocycles. The summed E-state index contributed by atoms with van der Waals surface area (Å²) in [6.45, 7) is 9.71. The minimum Gasteiger partial charge on any atom is -0.493 e. The molecule has 0 aromatic heterocycles. The Bertz CT molecular complexity index is 870. The van der Waals surface area contributed by atoms with Crippen molar-refractivity contribution in [2.24, 2.45) is 4.99 Å². The molecule has 2 aromatic rings. The Kier molecular flexibility index (Phi) is 11.8. The highest BCUT2D eigenvalue weighted by atomic mass is 127. The molecule has 0 spiro atoms. The number of nitrogens with zero attached hydrogens (tertiary/aromatic N) is 2. The molecule has 1 atom stereocenters. The normalized spacial score (nSPS) is 15.3. The van der Waals surface area contributed by atoms with Gasteiger partial charge in [0, 0.05) is 26.2 Å². The van der Waals surface area contributed by atoms with Gasteiger partial charge in [-0.05, 0) is 37.1 Å². The van der Waals surface area contributed by atoms with Crippen LogP contribution in [0.4, 0.5) is 0 Å². The summed E-state index contributed by atoms with van der Waals surface area (Å²) in [4.78, 5) is 7.28. The molecule has 1 aliphatic heterocycles. The molecule has 0 saturated carbocycles. The molecule has 0 amide bonds. The van der Waals surface area contributed by atoms with E-state index in [-0.39, 0.29) is 30.0 Å². The molecule has 1 fully saturated rings. The van der Waals surface area contributed by atoms with Gasteiger partial charge in [-0.25, -0.2) is 4.99 Å². The number of aliphatic imine (C=N–C) groups is 1. The lowest BCUT2D eigenvalue weighted by Gasteiger charge is -2.35. The molecule has 0 radical (unpaired) electrons. The number of hydrogen-bond donors (Lipinski definition) is 2. The number of hydrogen-bond acceptors (Lipinski definition) is 5. The molecular formula is C25H37IN4O3. The zero-order valence-corrected chi connectivity index (χ0v) is 22.4. The molecule has 1 unspecified atom stereocenters. The van der Waals surface area contributed by atoms with Gasteiger partial charge in [0.1, 0.15) is 0 Å². The molecule has 182 valence electrons. The molecule has 33 heavy (non-hydrogen) atoms. The van der Waals surface area contributed by atoms with Gasteiger partial charge >= 0.3 is 0 Å². The van der Waals surface area contributed by atoms with Crippen molar-refractivity contribution in [3.8, 4) is 11.5 Å². The largest absolute Gasteiger partial charge is 0.493 e. The highest BCUT2D eigenvalue weighted by Crippen LogP contribution is 2.27. The molecule has 8 heteroatoms. The van der Waals surface area contributed by atoms with Crippen LogP contribution in [0.5, 0.6) is 11.5 Å². The quantitative estimate of drug-likeness (QED) is 0.273. The number of benzene rings is 2. The maximum Gasteiger partial charge on any atom is 0.191 e. The van der Waals surface area contributed by atoms with Gasteiger partial charge in [0.05, 0.1) is 40.0 Å². The van der Waals surface area contributed by atoms with Crippen LogP contribution in [0.2, 0.25) is 0 Å². The van der Waals surface area contributed by atoms with Gasteiger partial charge in [0.15, 0.2) is 17.5 Å². The fourth-order valence-corrected chi connectivity index (χ4v) is 3.82. The summed E-state index contributed by atoms with van der Waals surface area (Å²) in [6.07, 6.45) is 0. The van der Waals surface area contributed by atoms with E-state index in [0.717, 1.165) is 56.7 Å². The van der Waals surface area contributed by atoms with E-state index in [1.807, 2.05) is 18.2 Å². The zero-order chi connectivity index (χ0) is 22.8. The lowest BCUT2D eigenvalue weighted by molar-refractivity contribution is 0.0170. The van der Waals surface area contributed by atoms with E-state index in [4.69, 9.17) is 19.2 Å². The number of aryl methyl sites for hydroxylation is 1. The fraction of sp³-hybridized carbons (Fsp3) is 0.480. The number of halogens is 1. The first-order chi connectivity index (χ1) is 15.6. The van der Waals surface area contributed by atoms with Crippen molar-refractivity contribution >= 4 is 29.9 Å². The van der Waals surface area contributed by atoms with Gasteiger partial charge in [-0.1, -0.05) is 35.9 Å². The summed E-state index contributed by atoms with van der Waals surface area (Å²) in [5, 5.41) is 6.92. The molecule has 7 nitrogen and oxygen atoms in total. The molecule has 1 heterocycles. The summed E-state index contributed by atoms with van der Waals surface area (Å²) < 4.78 is 16.3. The number of nitrogens with one attached hydrogen (secondary N) is 2. The molecule has 2 N–H and O–H groups in total. The predicted molar refractivity (Wildman–Crippen MR) is 144 cm³/mol. The van der Waals surface area contributed by atoms with Crippen molar-refractivity contribution in [1.82, 2.24) is 15.5 Å². The van der Waals surface area contributed by atoms with Crippen LogP contribution in [0, 0.1) is 6.92 Å². The standard InChI is InChI=1S/C25H36N4O3.HI/c1-5-26-25(27-17-20-8-11-23(30-3)24(16-20)31-4)28-18-22(29-12-14-32-15-13-29)21-9-6-19(2)7-10-21;/h6-11,16,22H,5,12-15,17-18H2,1-4H3,(H2,26,27,28);1H. The fourth-order valence-electron chi connectivity index (χ4n) is 3.82. The molecule has 3 rings (SSSR count). The first-order valence-corrected chi connectivity index (χ1v) is 11.3. The topological polar surface area (TPSA) is 67.4 Å². The average Bonchev–Trinajstić information content (AvgIpc) is 2.84. The number of morpholine rings is 1. The Hall–Kier alpha value is -2.04. The summed E-state index contributed by atoms with van der Waals surface area (Å²) in [5.74, 6) is 2.23. The average molecular weight is 569 g/mol. The van der Waals surface area contributed by atoms with Crippen LogP contribution in [-0.4, -0.2) is 64.5 Å². The minimum absolute atomic E-state index is 0. The summed E-state index contributed by atoms with van der Waals surface area (Å²) in [5.41, 5.74) is 3.64. The van der Waals surface area contributed by atoms with E-state index in [0.29, 0.717) is 12.3 Å². The number of ether oxygens (including phenoxy) is 3. The van der Waals surface area contributed by atoms with Crippen LogP contribution in [0.15, 0.2) is 47.5 Å². The van der Waals surface area contributed by atoms with E-state index < -0.39 is 0 Å². The van der Waals surface area contributed by atoms with Gasteiger partial charge < -0.3 is 24.8 Å². The van der Waals surface area contributed by atoms with Crippen molar-refractivity contribution in [2.45, 2.75) is 26.4 Å². The van der Waals surface area contributed by atoms with Crippen LogP contribution in [0.3, 0.4) is 0 Å². The van der Waals surface area contributed by atoms with Crippen LogP contribution in [0.25, 0.3) is 0 Å². The monoisotopic (exact) mass is 568 g/mol. The van der Waals surface area contributed by atoms with Crippen LogP contribution in [0.1, 0.15) is 29.7 Å². The van der Waals surface area contributed by atoms with E-state index in [1.165, 1.54) is 11.1 Å². The Labute approximate surface area is 214 Å². The number of guanidine groups is 1. The minimum atomic E-state index is 0. The zero-order valence-electron chi connectivity index (χ0n) is 20.1. The first-order valence-electron chi connectivity index (χ1n) is 11.3. The molecule has 1 saturated heterocycles. The third-order valence-electron chi connectivity index (χ3n) is 5.62. The van der Waals surface area contributed by atoms with E-state index in [1.54, 1.807) is 14.2 Å². The number of rotatable bonds is 9. The van der Waals surface area contributed by atoms with E-state index in [9.17, 15) is 0 Å². The van der Waals surface area contributed by atoms with Gasteiger partial charge in [0.25, 0.3) is 0 Å². The molecular weight excluding hydrogens is 531 g/mol. The van der Waals surface area contributed by atoms with E-state index in [2.05, 4.69) is 53.6 Å². The lowest BCUT2D eigenvalue weighted by atomic mass is 10.0. The lowest BCUT2D eigenvalue weighted by Crippen LogP contribution is -2.46. The van der Waals surface area contributed by atoms with Crippen molar-refractivity contribution in [3.63, 3.8) is 0 Å². The summed E-state index contributed by atoms with van der Waals surface area (Å²) >= 11 is 0. The van der Waals surface area contributed by atoms with Crippen molar-refractivity contribution < 1.29 is 14.2 Å². The highest BCUT2D eigenvalue weighted by molar-refractivity contribution is 14.0. The second-order valence-corrected chi connectivity index (χ2v) is 7.84. The Morgan fingerprint density at radius 3 is 2.36 bits per heavy atom. The SMILES string of the molecule is CCNC(=NCc1ccc(OC)c(OC)c1)NCC(c1ccc(C)cc1)N1CCOCC1.I. The second-order valence-electron chi connectivity index (χ2n) is 7.84. The van der Waals surface area contributed by atoms with Crippen LogP contribution < -0.4 is 20.1 Å². The van der Waals surface area contributed by atoms with Crippen LogP contribution in [-0.2, 0) is 11.3 Å². The summed E-state index contributed by atoms with van der Waals surface area (Å²) in [6, 6.07) is 15.0. The molecule has 0 bridgehead atoms. The maximum atomic E-state index is 5.57. The molecule has 1 aliphatic rings. The van der Waals surface area contributed by atoms with Gasteiger partial charge in [0.2, 0.25) is 0 Å². The van der Waals surface area contributed by atoms with E-state index >= 15 is 0 Å². The van der Waals surface area contributed by atoms with Gasteiger partial charge in [-0.2, -0.15) is 0 Å². The smallest absolute Gasteiger partial charge is 0.191 e. The number of methoxy groups -OCH3 is 2. The first kappa shape index (κ1) is 27.2. The third-order valence-corrected chi connectivity index (χ3v) is 5.62. The van der Waals surface area contributed by atoms with Crippen molar-refractivity contribution in [3.05, 3.63) is 59.2 Å². The third kappa shape index (κ3) is 8.04. The molecule has 0 aliphatic carbocycles. The Morgan fingerprint density at radius 1 is 1.03 bits per heavy atom. The van der Waals surface area contributed by atoms with Crippen molar-refractivity contribution in [1.29, 1.82) is 0 Å². The maximum absolute atomic E-state index is 5.57. The predicted octanol–water partition coefficient (Wildman–Crippen LogP) is 3.76. The van der Waals surface area contributed by atoms with Crippen molar-refractivity contribution in [2.75, 3.05) is 53.6 Å².